The fourth-order valence-corrected chi connectivity index (χ4v) is 4.41. The second-order valence-electron chi connectivity index (χ2n) is 7.50. The Morgan fingerprint density at radius 2 is 1.86 bits per heavy atom. The van der Waals surface area contributed by atoms with Crippen molar-refractivity contribution in [1.29, 1.82) is 0 Å². The molecule has 152 valence electrons. The van der Waals surface area contributed by atoms with Gasteiger partial charge in [-0.25, -0.2) is 0 Å². The monoisotopic (exact) mass is 421 g/mol. The number of piperidine rings is 1. The Kier molecular flexibility index (Phi) is 8.74. The van der Waals surface area contributed by atoms with Gasteiger partial charge in [0.05, 0.1) is 0 Å². The summed E-state index contributed by atoms with van der Waals surface area (Å²) in [4.78, 5) is 19.6. The number of hydrogen-bond acceptors (Lipinski definition) is 3. The SMILES string of the molecule is Cl.Cl.O=C(CC1CCc2ccccc21)N(Cc1cccnc1)C1CCNCC1. The number of hydrogen-bond donors (Lipinski definition) is 1. The van der Waals surface area contributed by atoms with Crippen LogP contribution in [0.25, 0.3) is 0 Å². The van der Waals surface area contributed by atoms with Crippen LogP contribution in [-0.2, 0) is 17.8 Å². The molecule has 0 spiro atoms. The molecule has 1 aromatic heterocycles. The van der Waals surface area contributed by atoms with Gasteiger partial charge in [-0.15, -0.1) is 24.8 Å². The molecule has 2 aromatic rings. The van der Waals surface area contributed by atoms with E-state index in [1.807, 2.05) is 12.3 Å². The molecule has 0 radical (unpaired) electrons. The molecule has 4 nitrogen and oxygen atoms in total. The fraction of sp³-hybridized carbons (Fsp3) is 0.455. The summed E-state index contributed by atoms with van der Waals surface area (Å²) >= 11 is 0. The molecule has 2 aliphatic rings. The van der Waals surface area contributed by atoms with Crippen LogP contribution in [0.1, 0.15) is 48.3 Å². The van der Waals surface area contributed by atoms with Crippen LogP contribution in [-0.4, -0.2) is 34.9 Å². The number of pyridine rings is 1. The molecule has 0 bridgehead atoms. The number of benzene rings is 1. The third-order valence-electron chi connectivity index (χ3n) is 5.82. The minimum atomic E-state index is 0. The lowest BCUT2D eigenvalue weighted by molar-refractivity contribution is -0.135. The summed E-state index contributed by atoms with van der Waals surface area (Å²) < 4.78 is 0. The molecule has 1 atom stereocenters. The summed E-state index contributed by atoms with van der Waals surface area (Å²) in [6.45, 7) is 2.66. The van der Waals surface area contributed by atoms with E-state index in [0.717, 1.165) is 44.3 Å². The molecular formula is C22H29Cl2N3O. The van der Waals surface area contributed by atoms with E-state index in [0.29, 0.717) is 30.8 Å². The van der Waals surface area contributed by atoms with Gasteiger partial charge in [-0.05, 0) is 67.4 Å². The van der Waals surface area contributed by atoms with Crippen LogP contribution >= 0.6 is 24.8 Å². The number of carbonyl (C=O) groups excluding carboxylic acids is 1. The molecule has 1 amide bonds. The van der Waals surface area contributed by atoms with Crippen molar-refractivity contribution in [3.05, 3.63) is 65.5 Å². The van der Waals surface area contributed by atoms with Crippen LogP contribution in [0.3, 0.4) is 0 Å². The molecule has 4 rings (SSSR count). The van der Waals surface area contributed by atoms with Gasteiger partial charge in [0.1, 0.15) is 0 Å². The number of amides is 1. The Hall–Kier alpha value is -1.62. The highest BCUT2D eigenvalue weighted by molar-refractivity contribution is 5.85. The second kappa shape index (κ2) is 10.8. The van der Waals surface area contributed by atoms with Gasteiger partial charge >= 0.3 is 0 Å². The van der Waals surface area contributed by atoms with E-state index in [4.69, 9.17) is 0 Å². The van der Waals surface area contributed by atoms with Gasteiger partial charge in [-0.3, -0.25) is 9.78 Å². The van der Waals surface area contributed by atoms with Crippen LogP contribution in [0.5, 0.6) is 0 Å². The van der Waals surface area contributed by atoms with Crippen LogP contribution in [0.2, 0.25) is 0 Å². The first-order chi connectivity index (χ1) is 12.8. The number of carbonyl (C=O) groups is 1. The lowest BCUT2D eigenvalue weighted by Crippen LogP contribution is -2.46. The van der Waals surface area contributed by atoms with E-state index in [1.54, 1.807) is 6.20 Å². The molecule has 28 heavy (non-hydrogen) atoms. The van der Waals surface area contributed by atoms with Crippen molar-refractivity contribution in [2.75, 3.05) is 13.1 Å². The van der Waals surface area contributed by atoms with Crippen molar-refractivity contribution >= 4 is 30.7 Å². The topological polar surface area (TPSA) is 45.2 Å². The van der Waals surface area contributed by atoms with E-state index in [-0.39, 0.29) is 24.8 Å². The summed E-state index contributed by atoms with van der Waals surface area (Å²) in [5.41, 5.74) is 3.92. The number of aromatic nitrogens is 1. The molecule has 1 aliphatic heterocycles. The van der Waals surface area contributed by atoms with E-state index in [2.05, 4.69) is 45.5 Å². The summed E-state index contributed by atoms with van der Waals surface area (Å²) in [6.07, 6.45) is 8.56. The van der Waals surface area contributed by atoms with Gasteiger partial charge in [-0.1, -0.05) is 30.3 Å². The van der Waals surface area contributed by atoms with Crippen molar-refractivity contribution in [2.24, 2.45) is 0 Å². The van der Waals surface area contributed by atoms with Crippen molar-refractivity contribution in [2.45, 2.75) is 50.6 Å². The number of nitrogens with one attached hydrogen (secondary N) is 1. The zero-order valence-electron chi connectivity index (χ0n) is 16.0. The Balaban J connectivity index is 0.00000140. The van der Waals surface area contributed by atoms with Crippen molar-refractivity contribution in [3.63, 3.8) is 0 Å². The van der Waals surface area contributed by atoms with Crippen LogP contribution in [0.4, 0.5) is 0 Å². The summed E-state index contributed by atoms with van der Waals surface area (Å²) in [7, 11) is 0. The standard InChI is InChI=1S/C22H27N3O.2ClH/c26-22(14-19-8-7-18-5-1-2-6-21(18)19)25(20-9-12-23-13-10-20)16-17-4-3-11-24-15-17;;/h1-6,11,15,19-20,23H,7-10,12-14,16H2;2*1H. The number of aryl methyl sites for hydroxylation is 1. The average Bonchev–Trinajstić information content (AvgIpc) is 3.10. The smallest absolute Gasteiger partial charge is 0.223 e. The third-order valence-corrected chi connectivity index (χ3v) is 5.82. The summed E-state index contributed by atoms with van der Waals surface area (Å²) in [5.74, 6) is 0.666. The molecule has 1 aliphatic carbocycles. The molecule has 0 saturated carbocycles. The van der Waals surface area contributed by atoms with Gasteiger partial charge in [0.25, 0.3) is 0 Å². The Labute approximate surface area is 179 Å². The Bertz CT molecular complexity index is 750. The first kappa shape index (κ1) is 22.7. The predicted octanol–water partition coefficient (Wildman–Crippen LogP) is 4.13. The minimum Gasteiger partial charge on any atom is -0.335 e. The first-order valence-corrected chi connectivity index (χ1v) is 9.78. The summed E-state index contributed by atoms with van der Waals surface area (Å²) in [6, 6.07) is 13.0. The van der Waals surface area contributed by atoms with Crippen molar-refractivity contribution in [1.82, 2.24) is 15.2 Å². The fourth-order valence-electron chi connectivity index (χ4n) is 4.41. The Morgan fingerprint density at radius 3 is 2.61 bits per heavy atom. The lowest BCUT2D eigenvalue weighted by Gasteiger charge is -2.35. The molecule has 1 N–H and O–H groups in total. The normalized spacial score (nSPS) is 18.5. The number of halogens is 2. The second-order valence-corrected chi connectivity index (χ2v) is 7.50. The number of fused-ring (bicyclic) bond motifs is 1. The molecule has 6 heteroatoms. The highest BCUT2D eigenvalue weighted by Crippen LogP contribution is 2.36. The molecule has 1 fully saturated rings. The molecular weight excluding hydrogens is 393 g/mol. The largest absolute Gasteiger partial charge is 0.335 e. The van der Waals surface area contributed by atoms with Gasteiger partial charge in [0.2, 0.25) is 5.91 Å². The molecule has 1 saturated heterocycles. The zero-order valence-corrected chi connectivity index (χ0v) is 17.7. The van der Waals surface area contributed by atoms with E-state index < -0.39 is 0 Å². The van der Waals surface area contributed by atoms with E-state index >= 15 is 0 Å². The van der Waals surface area contributed by atoms with Gasteiger partial charge in [-0.2, -0.15) is 0 Å². The van der Waals surface area contributed by atoms with Crippen molar-refractivity contribution in [3.8, 4) is 0 Å². The van der Waals surface area contributed by atoms with Gasteiger partial charge in [0, 0.05) is 31.4 Å². The highest BCUT2D eigenvalue weighted by Gasteiger charge is 2.30. The minimum absolute atomic E-state index is 0. The molecule has 2 heterocycles. The van der Waals surface area contributed by atoms with Crippen molar-refractivity contribution < 1.29 is 4.79 Å². The molecule has 1 unspecified atom stereocenters. The quantitative estimate of drug-likeness (QED) is 0.788. The maximum atomic E-state index is 13.3. The van der Waals surface area contributed by atoms with Crippen LogP contribution in [0.15, 0.2) is 48.8 Å². The van der Waals surface area contributed by atoms with E-state index in [1.165, 1.54) is 11.1 Å². The predicted molar refractivity (Wildman–Crippen MR) is 117 cm³/mol. The van der Waals surface area contributed by atoms with E-state index in [9.17, 15) is 4.79 Å². The average molecular weight is 422 g/mol. The zero-order chi connectivity index (χ0) is 17.8. The molecule has 1 aromatic carbocycles. The Morgan fingerprint density at radius 1 is 1.07 bits per heavy atom. The highest BCUT2D eigenvalue weighted by atomic mass is 35.5. The summed E-state index contributed by atoms with van der Waals surface area (Å²) in [5, 5.41) is 3.41. The maximum absolute atomic E-state index is 13.3. The van der Waals surface area contributed by atoms with Crippen LogP contribution < -0.4 is 5.32 Å². The third kappa shape index (κ3) is 5.25. The first-order valence-electron chi connectivity index (χ1n) is 9.78. The number of nitrogens with zero attached hydrogens (tertiary/aromatic N) is 2. The lowest BCUT2D eigenvalue weighted by atomic mass is 9.95. The number of rotatable bonds is 5. The maximum Gasteiger partial charge on any atom is 0.223 e. The van der Waals surface area contributed by atoms with Crippen LogP contribution in [0, 0.1) is 0 Å². The van der Waals surface area contributed by atoms with Gasteiger partial charge < -0.3 is 10.2 Å². The van der Waals surface area contributed by atoms with Gasteiger partial charge in [0.15, 0.2) is 0 Å².